The first-order valence-corrected chi connectivity index (χ1v) is 4.52. The first-order chi connectivity index (χ1) is 7.40. The number of hydrogen-bond donors (Lipinski definition) is 1. The number of carbonyl (C=O) groups excluding carboxylic acids is 1. The highest BCUT2D eigenvalue weighted by atomic mass is 16.6. The molecule has 0 aromatic heterocycles. The van der Waals surface area contributed by atoms with E-state index in [4.69, 9.17) is 10.5 Å². The van der Waals surface area contributed by atoms with Crippen LogP contribution >= 0.6 is 0 Å². The molecule has 0 unspecified atom stereocenters. The zero-order chi connectivity index (χ0) is 12.5. The predicted molar refractivity (Wildman–Crippen MR) is 57.6 cm³/mol. The maximum Gasteiger partial charge on any atom is 0.273 e. The summed E-state index contributed by atoms with van der Waals surface area (Å²) in [4.78, 5) is 21.4. The molecule has 1 amide bonds. The average molecular weight is 224 g/mol. The molecule has 16 heavy (non-hydrogen) atoms. The molecule has 0 aliphatic carbocycles. The van der Waals surface area contributed by atoms with Gasteiger partial charge in [-0.1, -0.05) is 0 Å². The molecular weight excluding hydrogens is 212 g/mol. The number of nitro benzene ring substituents is 1. The summed E-state index contributed by atoms with van der Waals surface area (Å²) >= 11 is 0. The van der Waals surface area contributed by atoms with E-state index in [0.29, 0.717) is 11.1 Å². The quantitative estimate of drug-likeness (QED) is 0.618. The molecule has 0 spiro atoms. The summed E-state index contributed by atoms with van der Waals surface area (Å²) in [6.07, 6.45) is 0. The van der Waals surface area contributed by atoms with Crippen LogP contribution < -0.4 is 10.5 Å². The number of carbonyl (C=O) groups is 1. The highest BCUT2D eigenvalue weighted by molar-refractivity contribution is 5.97. The van der Waals surface area contributed by atoms with Gasteiger partial charge in [0.05, 0.1) is 17.6 Å². The second-order valence-electron chi connectivity index (χ2n) is 3.35. The zero-order valence-electron chi connectivity index (χ0n) is 9.23. The van der Waals surface area contributed by atoms with Crippen LogP contribution in [0.5, 0.6) is 5.75 Å². The van der Waals surface area contributed by atoms with Crippen LogP contribution in [0.4, 0.5) is 5.69 Å². The average Bonchev–Trinajstić information content (AvgIpc) is 2.20. The fourth-order valence-corrected chi connectivity index (χ4v) is 1.51. The van der Waals surface area contributed by atoms with E-state index >= 15 is 0 Å². The van der Waals surface area contributed by atoms with E-state index in [9.17, 15) is 14.9 Å². The van der Waals surface area contributed by atoms with Crippen LogP contribution in [-0.4, -0.2) is 17.9 Å². The lowest BCUT2D eigenvalue weighted by Crippen LogP contribution is -2.14. The Balaban J connectivity index is 3.62. The molecule has 0 fully saturated rings. The maximum absolute atomic E-state index is 11.1. The van der Waals surface area contributed by atoms with Gasteiger partial charge in [0.15, 0.2) is 0 Å². The van der Waals surface area contributed by atoms with Crippen molar-refractivity contribution in [3.8, 4) is 5.75 Å². The van der Waals surface area contributed by atoms with Gasteiger partial charge in [-0.25, -0.2) is 0 Å². The standard InChI is InChI=1S/C10H12N2O4/c1-5-6(2)9(16-3)7(10(11)13)4-8(5)12(14)15/h4H,1-3H3,(H2,11,13). The van der Waals surface area contributed by atoms with Crippen LogP contribution in [0, 0.1) is 24.0 Å². The predicted octanol–water partition coefficient (Wildman–Crippen LogP) is 1.32. The van der Waals surface area contributed by atoms with Gasteiger partial charge in [0, 0.05) is 17.2 Å². The number of nitrogens with zero attached hydrogens (tertiary/aromatic N) is 1. The topological polar surface area (TPSA) is 95.5 Å². The summed E-state index contributed by atoms with van der Waals surface area (Å²) in [5.41, 5.74) is 6.04. The Kier molecular flexibility index (Phi) is 3.12. The van der Waals surface area contributed by atoms with Crippen LogP contribution in [0.25, 0.3) is 0 Å². The van der Waals surface area contributed by atoms with Crippen molar-refractivity contribution in [3.63, 3.8) is 0 Å². The molecule has 0 radical (unpaired) electrons. The van der Waals surface area contributed by atoms with Crippen LogP contribution in [0.2, 0.25) is 0 Å². The summed E-state index contributed by atoms with van der Waals surface area (Å²) < 4.78 is 5.03. The summed E-state index contributed by atoms with van der Waals surface area (Å²) in [7, 11) is 1.39. The van der Waals surface area contributed by atoms with Gasteiger partial charge in [0.1, 0.15) is 5.75 Å². The van der Waals surface area contributed by atoms with Crippen LogP contribution in [0.1, 0.15) is 21.5 Å². The molecule has 0 saturated heterocycles. The number of nitro groups is 1. The first-order valence-electron chi connectivity index (χ1n) is 4.52. The number of methoxy groups -OCH3 is 1. The second-order valence-corrected chi connectivity index (χ2v) is 3.35. The van der Waals surface area contributed by atoms with E-state index in [1.165, 1.54) is 7.11 Å². The SMILES string of the molecule is COc1c(C(N)=O)cc([N+](=O)[O-])c(C)c1C. The van der Waals surface area contributed by atoms with E-state index in [-0.39, 0.29) is 17.0 Å². The Morgan fingerprint density at radius 2 is 2.00 bits per heavy atom. The molecule has 0 heterocycles. The fraction of sp³-hybridized carbons (Fsp3) is 0.300. The molecule has 1 aromatic carbocycles. The number of rotatable bonds is 3. The molecule has 0 atom stereocenters. The van der Waals surface area contributed by atoms with E-state index in [0.717, 1.165) is 6.07 Å². The lowest BCUT2D eigenvalue weighted by Gasteiger charge is -2.11. The molecule has 0 aliphatic rings. The van der Waals surface area contributed by atoms with Crippen LogP contribution in [0.15, 0.2) is 6.07 Å². The van der Waals surface area contributed by atoms with Crippen LogP contribution in [0.3, 0.4) is 0 Å². The number of benzene rings is 1. The van der Waals surface area contributed by atoms with Gasteiger partial charge < -0.3 is 10.5 Å². The maximum atomic E-state index is 11.1. The van der Waals surface area contributed by atoms with Crippen molar-refractivity contribution in [2.24, 2.45) is 5.73 Å². The summed E-state index contributed by atoms with van der Waals surface area (Å²) in [5, 5.41) is 10.8. The van der Waals surface area contributed by atoms with Gasteiger partial charge in [-0.3, -0.25) is 14.9 Å². The smallest absolute Gasteiger partial charge is 0.273 e. The third kappa shape index (κ3) is 1.81. The Bertz CT molecular complexity index is 468. The van der Waals surface area contributed by atoms with E-state index in [1.807, 2.05) is 0 Å². The molecule has 2 N–H and O–H groups in total. The van der Waals surface area contributed by atoms with Gasteiger partial charge in [0.2, 0.25) is 0 Å². The zero-order valence-corrected chi connectivity index (χ0v) is 9.23. The Hall–Kier alpha value is -2.11. The number of nitrogens with two attached hydrogens (primary N) is 1. The van der Waals surface area contributed by atoms with E-state index < -0.39 is 10.8 Å². The molecule has 6 nitrogen and oxygen atoms in total. The molecule has 6 heteroatoms. The summed E-state index contributed by atoms with van der Waals surface area (Å²) in [5.74, 6) is -0.460. The fourth-order valence-electron chi connectivity index (χ4n) is 1.51. The van der Waals surface area contributed by atoms with Crippen molar-refractivity contribution in [1.82, 2.24) is 0 Å². The minimum Gasteiger partial charge on any atom is -0.496 e. The Labute approximate surface area is 92.2 Å². The van der Waals surface area contributed by atoms with Crippen molar-refractivity contribution in [2.45, 2.75) is 13.8 Å². The third-order valence-electron chi connectivity index (χ3n) is 2.48. The molecule has 0 aliphatic heterocycles. The van der Waals surface area contributed by atoms with Crippen molar-refractivity contribution < 1.29 is 14.5 Å². The highest BCUT2D eigenvalue weighted by Crippen LogP contribution is 2.32. The second kappa shape index (κ2) is 4.18. The number of primary amides is 1. The van der Waals surface area contributed by atoms with Crippen molar-refractivity contribution in [2.75, 3.05) is 7.11 Å². The molecule has 1 aromatic rings. The molecule has 86 valence electrons. The minimum absolute atomic E-state index is 0.0253. The molecule has 0 bridgehead atoms. The Morgan fingerprint density at radius 3 is 2.38 bits per heavy atom. The lowest BCUT2D eigenvalue weighted by atomic mass is 10.0. The monoisotopic (exact) mass is 224 g/mol. The van der Waals surface area contributed by atoms with Crippen molar-refractivity contribution in [1.29, 1.82) is 0 Å². The lowest BCUT2D eigenvalue weighted by molar-refractivity contribution is -0.385. The normalized spacial score (nSPS) is 9.94. The minimum atomic E-state index is -0.747. The van der Waals surface area contributed by atoms with Gasteiger partial charge >= 0.3 is 0 Å². The summed E-state index contributed by atoms with van der Waals surface area (Å²) in [6, 6.07) is 1.14. The number of hydrogen-bond acceptors (Lipinski definition) is 4. The largest absolute Gasteiger partial charge is 0.496 e. The highest BCUT2D eigenvalue weighted by Gasteiger charge is 2.22. The molecular formula is C10H12N2O4. The van der Waals surface area contributed by atoms with Gasteiger partial charge in [0.25, 0.3) is 11.6 Å². The van der Waals surface area contributed by atoms with Gasteiger partial charge in [-0.2, -0.15) is 0 Å². The van der Waals surface area contributed by atoms with Gasteiger partial charge in [-0.05, 0) is 13.8 Å². The summed E-state index contributed by atoms with van der Waals surface area (Å²) in [6.45, 7) is 3.24. The van der Waals surface area contributed by atoms with E-state index in [1.54, 1.807) is 13.8 Å². The number of amides is 1. The molecule has 1 rings (SSSR count). The number of ether oxygens (including phenoxy) is 1. The van der Waals surface area contributed by atoms with Crippen molar-refractivity contribution >= 4 is 11.6 Å². The van der Waals surface area contributed by atoms with E-state index in [2.05, 4.69) is 0 Å². The molecule has 0 saturated carbocycles. The third-order valence-corrected chi connectivity index (χ3v) is 2.48. The van der Waals surface area contributed by atoms with Crippen LogP contribution in [-0.2, 0) is 0 Å². The van der Waals surface area contributed by atoms with Crippen molar-refractivity contribution in [3.05, 3.63) is 32.9 Å². The van der Waals surface area contributed by atoms with Gasteiger partial charge in [-0.15, -0.1) is 0 Å². The Morgan fingerprint density at radius 1 is 1.44 bits per heavy atom. The first kappa shape index (κ1) is 12.0.